The summed E-state index contributed by atoms with van der Waals surface area (Å²) >= 11 is 3.75. The maximum Gasteiger partial charge on any atom is 0.0269 e. The van der Waals surface area contributed by atoms with Gasteiger partial charge < -0.3 is 0 Å². The maximum atomic E-state index is 2.36. The summed E-state index contributed by atoms with van der Waals surface area (Å²) in [7, 11) is 0. The van der Waals surface area contributed by atoms with Crippen LogP contribution in [0.2, 0.25) is 0 Å². The standard InChI is InChI=1S/C24H16S2/c1-3-9-17(10-4-1)19-15-23-24(16-20(19)18-11-5-2-6-12-18)26-22-14-8-7-13-21(22)25-23/h1-16H. The second kappa shape index (κ2) is 6.71. The molecular formula is C24H16S2. The van der Waals surface area contributed by atoms with Gasteiger partial charge in [-0.25, -0.2) is 0 Å². The summed E-state index contributed by atoms with van der Waals surface area (Å²) in [5.41, 5.74) is 5.11. The van der Waals surface area contributed by atoms with Crippen LogP contribution in [-0.4, -0.2) is 0 Å². The van der Waals surface area contributed by atoms with Crippen LogP contribution >= 0.6 is 23.5 Å². The molecule has 0 unspecified atom stereocenters. The molecule has 124 valence electrons. The first-order chi connectivity index (χ1) is 12.9. The first-order valence-electron chi connectivity index (χ1n) is 8.62. The Morgan fingerprint density at radius 2 is 0.769 bits per heavy atom. The second-order valence-corrected chi connectivity index (χ2v) is 8.39. The van der Waals surface area contributed by atoms with Crippen LogP contribution in [0.1, 0.15) is 0 Å². The highest BCUT2D eigenvalue weighted by molar-refractivity contribution is 8.05. The molecule has 1 aliphatic rings. The fourth-order valence-corrected chi connectivity index (χ4v) is 5.57. The molecule has 0 fully saturated rings. The van der Waals surface area contributed by atoms with E-state index in [9.17, 15) is 0 Å². The lowest BCUT2D eigenvalue weighted by atomic mass is 9.94. The van der Waals surface area contributed by atoms with E-state index in [2.05, 4.69) is 97.1 Å². The Morgan fingerprint density at radius 3 is 1.19 bits per heavy atom. The predicted octanol–water partition coefficient (Wildman–Crippen LogP) is 7.64. The van der Waals surface area contributed by atoms with E-state index in [1.807, 2.05) is 23.5 Å². The van der Waals surface area contributed by atoms with E-state index in [0.29, 0.717) is 0 Å². The van der Waals surface area contributed by atoms with Gasteiger partial charge in [-0.3, -0.25) is 0 Å². The van der Waals surface area contributed by atoms with E-state index in [1.54, 1.807) is 0 Å². The fourth-order valence-electron chi connectivity index (χ4n) is 3.29. The number of rotatable bonds is 2. The summed E-state index contributed by atoms with van der Waals surface area (Å²) in [6, 6.07) is 34.8. The third kappa shape index (κ3) is 2.86. The van der Waals surface area contributed by atoms with Crippen molar-refractivity contribution < 1.29 is 0 Å². The molecule has 0 radical (unpaired) electrons. The number of hydrogen-bond acceptors (Lipinski definition) is 2. The summed E-state index contributed by atoms with van der Waals surface area (Å²) in [6.07, 6.45) is 0. The van der Waals surface area contributed by atoms with Gasteiger partial charge in [-0.1, -0.05) is 96.3 Å². The minimum absolute atomic E-state index is 1.26. The van der Waals surface area contributed by atoms with Gasteiger partial charge in [0, 0.05) is 19.6 Å². The molecule has 0 atom stereocenters. The Hall–Kier alpha value is -2.42. The molecule has 0 saturated carbocycles. The Kier molecular flexibility index (Phi) is 4.08. The third-order valence-corrected chi connectivity index (χ3v) is 7.07. The second-order valence-electron chi connectivity index (χ2n) is 6.23. The van der Waals surface area contributed by atoms with Crippen molar-refractivity contribution in [2.24, 2.45) is 0 Å². The molecule has 4 aromatic carbocycles. The average Bonchev–Trinajstić information content (AvgIpc) is 2.72. The summed E-state index contributed by atoms with van der Waals surface area (Å²) in [4.78, 5) is 5.37. The van der Waals surface area contributed by atoms with E-state index in [-0.39, 0.29) is 0 Å². The van der Waals surface area contributed by atoms with Gasteiger partial charge in [-0.15, -0.1) is 0 Å². The molecule has 4 aromatic rings. The minimum Gasteiger partial charge on any atom is -0.0877 e. The smallest absolute Gasteiger partial charge is 0.0269 e. The van der Waals surface area contributed by atoms with Crippen molar-refractivity contribution in [2.45, 2.75) is 19.6 Å². The van der Waals surface area contributed by atoms with Crippen LogP contribution < -0.4 is 0 Å². The van der Waals surface area contributed by atoms with Crippen LogP contribution in [0, 0.1) is 0 Å². The van der Waals surface area contributed by atoms with Crippen molar-refractivity contribution in [3.05, 3.63) is 97.1 Å². The number of benzene rings is 4. The van der Waals surface area contributed by atoms with Crippen LogP contribution in [-0.2, 0) is 0 Å². The van der Waals surface area contributed by atoms with Gasteiger partial charge in [0.1, 0.15) is 0 Å². The van der Waals surface area contributed by atoms with E-state index < -0.39 is 0 Å². The molecule has 0 nitrogen and oxygen atoms in total. The minimum atomic E-state index is 1.26. The molecule has 0 aromatic heterocycles. The predicted molar refractivity (Wildman–Crippen MR) is 112 cm³/mol. The zero-order valence-corrected chi connectivity index (χ0v) is 15.7. The van der Waals surface area contributed by atoms with Crippen molar-refractivity contribution in [1.82, 2.24) is 0 Å². The number of hydrogen-bond donors (Lipinski definition) is 0. The molecule has 2 heteroatoms. The quantitative estimate of drug-likeness (QED) is 0.314. The largest absolute Gasteiger partial charge is 0.0877 e. The number of fused-ring (bicyclic) bond motifs is 2. The molecule has 0 N–H and O–H groups in total. The Bertz CT molecular complexity index is 982. The Balaban J connectivity index is 1.72. The van der Waals surface area contributed by atoms with E-state index in [0.717, 1.165) is 0 Å². The average molecular weight is 369 g/mol. The van der Waals surface area contributed by atoms with Gasteiger partial charge in [0.15, 0.2) is 0 Å². The summed E-state index contributed by atoms with van der Waals surface area (Å²) < 4.78 is 0. The Morgan fingerprint density at radius 1 is 0.385 bits per heavy atom. The lowest BCUT2D eigenvalue weighted by Gasteiger charge is -2.21. The van der Waals surface area contributed by atoms with Gasteiger partial charge in [-0.05, 0) is 46.5 Å². The summed E-state index contributed by atoms with van der Waals surface area (Å²) in [6.45, 7) is 0. The molecule has 1 heterocycles. The van der Waals surface area contributed by atoms with Gasteiger partial charge in [0.05, 0.1) is 0 Å². The zero-order valence-electron chi connectivity index (χ0n) is 14.1. The van der Waals surface area contributed by atoms with Gasteiger partial charge in [0.25, 0.3) is 0 Å². The topological polar surface area (TPSA) is 0 Å². The SMILES string of the molecule is c1ccc(-c2cc3c(cc2-c2ccccc2)Sc2ccccc2S3)cc1. The Labute approximate surface area is 162 Å². The van der Waals surface area contributed by atoms with E-state index in [1.165, 1.54) is 41.8 Å². The van der Waals surface area contributed by atoms with Crippen LogP contribution in [0.3, 0.4) is 0 Å². The summed E-state index contributed by atoms with van der Waals surface area (Å²) in [5, 5.41) is 0. The fraction of sp³-hybridized carbons (Fsp3) is 0. The third-order valence-electron chi connectivity index (χ3n) is 4.54. The highest BCUT2D eigenvalue weighted by Gasteiger charge is 2.20. The lowest BCUT2D eigenvalue weighted by molar-refractivity contribution is 1.16. The highest BCUT2D eigenvalue weighted by atomic mass is 32.2. The molecule has 0 spiro atoms. The van der Waals surface area contributed by atoms with Gasteiger partial charge in [-0.2, -0.15) is 0 Å². The van der Waals surface area contributed by atoms with Crippen LogP contribution in [0.5, 0.6) is 0 Å². The first kappa shape index (κ1) is 15.8. The highest BCUT2D eigenvalue weighted by Crippen LogP contribution is 2.51. The van der Waals surface area contributed by atoms with Crippen LogP contribution in [0.25, 0.3) is 22.3 Å². The molecule has 26 heavy (non-hydrogen) atoms. The van der Waals surface area contributed by atoms with Crippen molar-refractivity contribution in [3.8, 4) is 22.3 Å². The molecule has 1 aliphatic heterocycles. The molecular weight excluding hydrogens is 352 g/mol. The molecule has 0 bridgehead atoms. The van der Waals surface area contributed by atoms with Crippen molar-refractivity contribution in [3.63, 3.8) is 0 Å². The van der Waals surface area contributed by atoms with Gasteiger partial charge in [0.2, 0.25) is 0 Å². The normalized spacial score (nSPS) is 12.3. The van der Waals surface area contributed by atoms with E-state index >= 15 is 0 Å². The van der Waals surface area contributed by atoms with Crippen LogP contribution in [0.15, 0.2) is 117 Å². The van der Waals surface area contributed by atoms with Crippen LogP contribution in [0.4, 0.5) is 0 Å². The monoisotopic (exact) mass is 368 g/mol. The molecule has 0 aliphatic carbocycles. The van der Waals surface area contributed by atoms with Crippen molar-refractivity contribution >= 4 is 23.5 Å². The maximum absolute atomic E-state index is 2.36. The van der Waals surface area contributed by atoms with Crippen molar-refractivity contribution in [2.75, 3.05) is 0 Å². The lowest BCUT2D eigenvalue weighted by Crippen LogP contribution is -1.93. The molecule has 0 saturated heterocycles. The molecule has 5 rings (SSSR count). The van der Waals surface area contributed by atoms with E-state index in [4.69, 9.17) is 0 Å². The summed E-state index contributed by atoms with van der Waals surface area (Å²) in [5.74, 6) is 0. The first-order valence-corrected chi connectivity index (χ1v) is 10.3. The zero-order chi connectivity index (χ0) is 17.3. The van der Waals surface area contributed by atoms with Gasteiger partial charge >= 0.3 is 0 Å². The van der Waals surface area contributed by atoms with Crippen molar-refractivity contribution in [1.29, 1.82) is 0 Å². The molecule has 0 amide bonds.